The number of phenolic OH excluding ortho intramolecular Hbond substituents is 1. The van der Waals surface area contributed by atoms with Crippen molar-refractivity contribution in [3.63, 3.8) is 0 Å². The summed E-state index contributed by atoms with van der Waals surface area (Å²) in [5.41, 5.74) is 4.26. The van der Waals surface area contributed by atoms with Crippen LogP contribution in [0.4, 0.5) is 0 Å². The monoisotopic (exact) mass is 329 g/mol. The van der Waals surface area contributed by atoms with Crippen LogP contribution in [0.5, 0.6) is 5.75 Å². The standard InChI is InChI=1S/C22H35NO/c1-6-7-10-23-14-16-11-15(2)12-18(20(16)24)19-13-17-8-9-22(19,5)21(17,3)4/h11-12,17,19,23-24H,6-10,13-14H2,1-5H3. The Balaban J connectivity index is 1.88. The molecule has 24 heavy (non-hydrogen) atoms. The molecule has 3 atom stereocenters. The van der Waals surface area contributed by atoms with Gasteiger partial charge in [-0.25, -0.2) is 0 Å². The van der Waals surface area contributed by atoms with Crippen LogP contribution in [0.2, 0.25) is 0 Å². The Bertz CT molecular complexity index is 606. The molecule has 0 heterocycles. The van der Waals surface area contributed by atoms with Gasteiger partial charge in [0.15, 0.2) is 0 Å². The number of hydrogen-bond donors (Lipinski definition) is 2. The van der Waals surface area contributed by atoms with Gasteiger partial charge in [-0.2, -0.15) is 0 Å². The van der Waals surface area contributed by atoms with Crippen LogP contribution in [0.3, 0.4) is 0 Å². The van der Waals surface area contributed by atoms with E-state index in [1.54, 1.807) is 0 Å². The van der Waals surface area contributed by atoms with Gasteiger partial charge in [0.25, 0.3) is 0 Å². The van der Waals surface area contributed by atoms with Crippen molar-refractivity contribution in [2.24, 2.45) is 16.7 Å². The molecule has 2 heteroatoms. The van der Waals surface area contributed by atoms with Gasteiger partial charge in [-0.05, 0) is 67.4 Å². The molecule has 0 saturated heterocycles. The van der Waals surface area contributed by atoms with Crippen molar-refractivity contribution in [2.45, 2.75) is 79.2 Å². The Hall–Kier alpha value is -1.02. The Morgan fingerprint density at radius 1 is 1.25 bits per heavy atom. The molecule has 134 valence electrons. The number of rotatable bonds is 6. The Morgan fingerprint density at radius 2 is 2.00 bits per heavy atom. The number of phenols is 1. The van der Waals surface area contributed by atoms with Gasteiger partial charge in [0.2, 0.25) is 0 Å². The third-order valence-electron chi connectivity index (χ3n) is 7.55. The third-order valence-corrected chi connectivity index (χ3v) is 7.55. The van der Waals surface area contributed by atoms with Gasteiger partial charge in [0, 0.05) is 12.1 Å². The zero-order valence-electron chi connectivity index (χ0n) is 16.2. The normalized spacial score (nSPS) is 30.9. The summed E-state index contributed by atoms with van der Waals surface area (Å²) in [4.78, 5) is 0. The summed E-state index contributed by atoms with van der Waals surface area (Å²) in [6.07, 6.45) is 6.29. The summed E-state index contributed by atoms with van der Waals surface area (Å²) < 4.78 is 0. The highest BCUT2D eigenvalue weighted by Gasteiger charge is 2.61. The Labute approximate surface area is 148 Å². The van der Waals surface area contributed by atoms with E-state index in [0.29, 0.717) is 22.5 Å². The van der Waals surface area contributed by atoms with E-state index in [9.17, 15) is 5.11 Å². The molecule has 0 aliphatic heterocycles. The van der Waals surface area contributed by atoms with E-state index in [1.165, 1.54) is 43.2 Å². The third kappa shape index (κ3) is 2.67. The van der Waals surface area contributed by atoms with Gasteiger partial charge in [-0.3, -0.25) is 0 Å². The van der Waals surface area contributed by atoms with Crippen LogP contribution in [-0.2, 0) is 6.54 Å². The van der Waals surface area contributed by atoms with Crippen LogP contribution in [0.15, 0.2) is 12.1 Å². The fourth-order valence-electron chi connectivity index (χ4n) is 5.48. The molecule has 2 nitrogen and oxygen atoms in total. The zero-order valence-corrected chi connectivity index (χ0v) is 16.2. The van der Waals surface area contributed by atoms with Crippen molar-refractivity contribution in [2.75, 3.05) is 6.54 Å². The second kappa shape index (κ2) is 6.37. The summed E-state index contributed by atoms with van der Waals surface area (Å²) in [6.45, 7) is 13.5. The number of nitrogens with one attached hydrogen (secondary N) is 1. The summed E-state index contributed by atoms with van der Waals surface area (Å²) in [5.74, 6) is 1.86. The molecular formula is C22H35NO. The lowest BCUT2D eigenvalue weighted by Crippen LogP contribution is -2.31. The van der Waals surface area contributed by atoms with Crippen LogP contribution < -0.4 is 5.32 Å². The minimum atomic E-state index is 0.315. The highest BCUT2D eigenvalue weighted by atomic mass is 16.3. The molecule has 2 aliphatic rings. The summed E-state index contributed by atoms with van der Waals surface area (Å²) >= 11 is 0. The van der Waals surface area contributed by atoms with Crippen molar-refractivity contribution in [3.05, 3.63) is 28.8 Å². The molecule has 0 aromatic heterocycles. The highest BCUT2D eigenvalue weighted by Crippen LogP contribution is 2.71. The first-order chi connectivity index (χ1) is 11.3. The smallest absolute Gasteiger partial charge is 0.123 e. The van der Waals surface area contributed by atoms with Crippen LogP contribution in [0, 0.1) is 23.7 Å². The first kappa shape index (κ1) is 17.8. The molecule has 1 aromatic carbocycles. The quantitative estimate of drug-likeness (QED) is 0.673. The van der Waals surface area contributed by atoms with Crippen LogP contribution in [0.25, 0.3) is 0 Å². The van der Waals surface area contributed by atoms with Crippen LogP contribution >= 0.6 is 0 Å². The van der Waals surface area contributed by atoms with Gasteiger partial charge < -0.3 is 10.4 Å². The molecule has 0 radical (unpaired) electrons. The van der Waals surface area contributed by atoms with Crippen molar-refractivity contribution < 1.29 is 5.11 Å². The maximum atomic E-state index is 11.0. The lowest BCUT2D eigenvalue weighted by molar-refractivity contribution is 0.133. The first-order valence-corrected chi connectivity index (χ1v) is 9.84. The van der Waals surface area contributed by atoms with Gasteiger partial charge in [-0.1, -0.05) is 51.8 Å². The molecule has 2 aliphatic carbocycles. The summed E-state index contributed by atoms with van der Waals surface area (Å²) in [6, 6.07) is 4.40. The average molecular weight is 330 g/mol. The number of aryl methyl sites for hydroxylation is 1. The van der Waals surface area contributed by atoms with E-state index in [-0.39, 0.29) is 0 Å². The van der Waals surface area contributed by atoms with Crippen LogP contribution in [0.1, 0.15) is 82.4 Å². The van der Waals surface area contributed by atoms with E-state index in [4.69, 9.17) is 0 Å². The minimum absolute atomic E-state index is 0.315. The van der Waals surface area contributed by atoms with Crippen molar-refractivity contribution in [1.82, 2.24) is 5.32 Å². The molecule has 3 unspecified atom stereocenters. The number of unbranched alkanes of at least 4 members (excludes halogenated alkanes) is 1. The maximum Gasteiger partial charge on any atom is 0.123 e. The zero-order chi connectivity index (χ0) is 17.5. The number of hydrogen-bond acceptors (Lipinski definition) is 2. The van der Waals surface area contributed by atoms with E-state index in [1.807, 2.05) is 0 Å². The van der Waals surface area contributed by atoms with Crippen LogP contribution in [-0.4, -0.2) is 11.7 Å². The molecule has 0 spiro atoms. The molecule has 2 bridgehead atoms. The van der Waals surface area contributed by atoms with Crippen molar-refractivity contribution in [1.29, 1.82) is 0 Å². The van der Waals surface area contributed by atoms with Gasteiger partial charge in [0.1, 0.15) is 5.75 Å². The molecule has 3 rings (SSSR count). The number of aromatic hydroxyl groups is 1. The van der Waals surface area contributed by atoms with Gasteiger partial charge in [0.05, 0.1) is 0 Å². The number of fused-ring (bicyclic) bond motifs is 2. The fourth-order valence-corrected chi connectivity index (χ4v) is 5.48. The van der Waals surface area contributed by atoms with E-state index >= 15 is 0 Å². The molecule has 0 amide bonds. The Kier molecular flexibility index (Phi) is 4.72. The fraction of sp³-hybridized carbons (Fsp3) is 0.727. The largest absolute Gasteiger partial charge is 0.507 e. The molecule has 2 N–H and O–H groups in total. The minimum Gasteiger partial charge on any atom is -0.507 e. The molecule has 2 saturated carbocycles. The molecular weight excluding hydrogens is 294 g/mol. The first-order valence-electron chi connectivity index (χ1n) is 9.84. The second-order valence-electron chi connectivity index (χ2n) is 9.06. The summed E-state index contributed by atoms with van der Waals surface area (Å²) in [7, 11) is 0. The lowest BCUT2D eigenvalue weighted by atomic mass is 9.64. The summed E-state index contributed by atoms with van der Waals surface area (Å²) in [5, 5.41) is 14.5. The molecule has 1 aromatic rings. The van der Waals surface area contributed by atoms with Crippen molar-refractivity contribution >= 4 is 0 Å². The maximum absolute atomic E-state index is 11.0. The number of benzene rings is 1. The van der Waals surface area contributed by atoms with Gasteiger partial charge >= 0.3 is 0 Å². The SMILES string of the molecule is CCCCNCc1cc(C)cc(C2CC3CCC2(C)C3(C)C)c1O. The predicted molar refractivity (Wildman–Crippen MR) is 101 cm³/mol. The average Bonchev–Trinajstić information content (AvgIpc) is 2.87. The van der Waals surface area contributed by atoms with E-state index in [2.05, 4.69) is 52.1 Å². The van der Waals surface area contributed by atoms with Crippen molar-refractivity contribution in [3.8, 4) is 5.75 Å². The Morgan fingerprint density at radius 3 is 2.58 bits per heavy atom. The highest BCUT2D eigenvalue weighted by molar-refractivity contribution is 5.47. The second-order valence-corrected chi connectivity index (χ2v) is 9.06. The van der Waals surface area contributed by atoms with Gasteiger partial charge in [-0.15, -0.1) is 0 Å². The van der Waals surface area contributed by atoms with E-state index in [0.717, 1.165) is 24.6 Å². The molecule has 2 fully saturated rings. The lowest BCUT2D eigenvalue weighted by Gasteiger charge is -2.40. The topological polar surface area (TPSA) is 32.3 Å². The van der Waals surface area contributed by atoms with E-state index < -0.39 is 0 Å². The predicted octanol–water partition coefficient (Wildman–Crippen LogP) is 5.52.